The molecule has 2 rings (SSSR count). The Kier molecular flexibility index (Phi) is 5.52. The quantitative estimate of drug-likeness (QED) is 0.835. The molecule has 1 aliphatic rings. The van der Waals surface area contributed by atoms with Crippen molar-refractivity contribution < 1.29 is 4.39 Å². The first-order chi connectivity index (χ1) is 9.24. The Morgan fingerprint density at radius 3 is 3.05 bits per heavy atom. The van der Waals surface area contributed by atoms with Crippen molar-refractivity contribution >= 4 is 17.4 Å². The summed E-state index contributed by atoms with van der Waals surface area (Å²) in [7, 11) is 0. The fraction of sp³-hybridized carbons (Fsp3) is 0.600. The summed E-state index contributed by atoms with van der Waals surface area (Å²) in [4.78, 5) is 2.23. The molecule has 1 aromatic carbocycles. The van der Waals surface area contributed by atoms with Crippen LogP contribution >= 0.6 is 11.8 Å². The van der Waals surface area contributed by atoms with E-state index in [2.05, 4.69) is 24.1 Å². The number of nitrogens with zero attached hydrogens (tertiary/aromatic N) is 1. The zero-order valence-corrected chi connectivity index (χ0v) is 12.6. The second-order valence-corrected chi connectivity index (χ2v) is 6.19. The summed E-state index contributed by atoms with van der Waals surface area (Å²) < 4.78 is 14.2. The molecule has 0 aromatic heterocycles. The molecule has 1 aromatic rings. The van der Waals surface area contributed by atoms with Gasteiger partial charge in [0.25, 0.3) is 0 Å². The van der Waals surface area contributed by atoms with Gasteiger partial charge >= 0.3 is 0 Å². The van der Waals surface area contributed by atoms with Gasteiger partial charge in [-0.3, -0.25) is 0 Å². The Morgan fingerprint density at radius 1 is 1.47 bits per heavy atom. The smallest absolute Gasteiger partial charge is 0.146 e. The Bertz CT molecular complexity index is 411. The third-order valence-corrected chi connectivity index (χ3v) is 4.66. The lowest BCUT2D eigenvalue weighted by Crippen LogP contribution is -2.41. The summed E-state index contributed by atoms with van der Waals surface area (Å²) in [5, 5.41) is 3.37. The Labute approximate surface area is 119 Å². The number of hydrogen-bond donors (Lipinski definition) is 1. The normalized spacial score (nSPS) is 19.7. The topological polar surface area (TPSA) is 15.3 Å². The van der Waals surface area contributed by atoms with E-state index in [1.165, 1.54) is 0 Å². The minimum absolute atomic E-state index is 0.0884. The number of benzene rings is 1. The number of rotatable bonds is 5. The summed E-state index contributed by atoms with van der Waals surface area (Å²) in [6, 6.07) is 5.83. The Balaban J connectivity index is 2.21. The number of para-hydroxylation sites is 1. The van der Waals surface area contributed by atoms with Crippen LogP contribution in [0.25, 0.3) is 0 Å². The van der Waals surface area contributed by atoms with Crippen molar-refractivity contribution in [2.45, 2.75) is 32.9 Å². The van der Waals surface area contributed by atoms with Gasteiger partial charge in [0.2, 0.25) is 0 Å². The first kappa shape index (κ1) is 14.7. The summed E-state index contributed by atoms with van der Waals surface area (Å²) in [6.07, 6.45) is 1.10. The minimum Gasteiger partial charge on any atom is -0.365 e. The van der Waals surface area contributed by atoms with Gasteiger partial charge in [-0.05, 0) is 31.5 Å². The van der Waals surface area contributed by atoms with E-state index in [-0.39, 0.29) is 5.82 Å². The molecule has 106 valence electrons. The summed E-state index contributed by atoms with van der Waals surface area (Å²) in [6.45, 7) is 6.98. The molecule has 0 saturated carbocycles. The average molecular weight is 282 g/mol. The fourth-order valence-corrected chi connectivity index (χ4v) is 3.50. The van der Waals surface area contributed by atoms with Gasteiger partial charge in [0.1, 0.15) is 5.82 Å². The first-order valence-electron chi connectivity index (χ1n) is 7.06. The van der Waals surface area contributed by atoms with Crippen LogP contribution in [0.4, 0.5) is 10.1 Å². The van der Waals surface area contributed by atoms with Crippen LogP contribution in [-0.2, 0) is 6.54 Å². The van der Waals surface area contributed by atoms with Crippen molar-refractivity contribution in [2.24, 2.45) is 0 Å². The summed E-state index contributed by atoms with van der Waals surface area (Å²) in [5.74, 6) is 2.07. The van der Waals surface area contributed by atoms with E-state index < -0.39 is 0 Å². The van der Waals surface area contributed by atoms with Gasteiger partial charge in [0.05, 0.1) is 5.69 Å². The largest absolute Gasteiger partial charge is 0.365 e. The lowest BCUT2D eigenvalue weighted by atomic mass is 10.1. The molecule has 0 radical (unpaired) electrons. The van der Waals surface area contributed by atoms with E-state index in [4.69, 9.17) is 0 Å². The molecule has 1 N–H and O–H groups in total. The van der Waals surface area contributed by atoms with E-state index in [1.54, 1.807) is 6.07 Å². The van der Waals surface area contributed by atoms with Crippen LogP contribution in [0, 0.1) is 5.82 Å². The Hall–Kier alpha value is -0.740. The van der Waals surface area contributed by atoms with Crippen LogP contribution in [0.3, 0.4) is 0 Å². The predicted octanol–water partition coefficient (Wildman–Crippen LogP) is 3.27. The molecule has 1 heterocycles. The molecule has 2 nitrogen and oxygen atoms in total. The van der Waals surface area contributed by atoms with E-state index in [0.717, 1.165) is 48.8 Å². The summed E-state index contributed by atoms with van der Waals surface area (Å²) >= 11 is 1.95. The highest BCUT2D eigenvalue weighted by molar-refractivity contribution is 7.99. The van der Waals surface area contributed by atoms with Crippen molar-refractivity contribution in [3.05, 3.63) is 29.6 Å². The lowest BCUT2D eigenvalue weighted by Gasteiger charge is -2.36. The fourth-order valence-electron chi connectivity index (χ4n) is 2.48. The molecular weight excluding hydrogens is 259 g/mol. The molecule has 1 atom stereocenters. The number of nitrogens with one attached hydrogen (secondary N) is 1. The molecule has 1 saturated heterocycles. The van der Waals surface area contributed by atoms with Crippen molar-refractivity contribution in [3.8, 4) is 0 Å². The van der Waals surface area contributed by atoms with Crippen LogP contribution < -0.4 is 10.2 Å². The molecule has 1 aliphatic heterocycles. The molecule has 1 fully saturated rings. The van der Waals surface area contributed by atoms with Crippen molar-refractivity contribution in [1.29, 1.82) is 0 Å². The number of hydrogen-bond acceptors (Lipinski definition) is 3. The maximum Gasteiger partial charge on any atom is 0.146 e. The molecule has 1 unspecified atom stereocenters. The SMILES string of the molecule is CCCNCc1cccc(F)c1N1CCSCC1C. The molecule has 0 spiro atoms. The highest BCUT2D eigenvalue weighted by atomic mass is 32.2. The maximum absolute atomic E-state index is 14.2. The highest BCUT2D eigenvalue weighted by Crippen LogP contribution is 2.29. The van der Waals surface area contributed by atoms with Crippen LogP contribution in [0.15, 0.2) is 18.2 Å². The minimum atomic E-state index is -0.0884. The van der Waals surface area contributed by atoms with Crippen molar-refractivity contribution in [2.75, 3.05) is 29.5 Å². The van der Waals surface area contributed by atoms with Crippen LogP contribution in [0.5, 0.6) is 0 Å². The molecule has 19 heavy (non-hydrogen) atoms. The molecule has 0 bridgehead atoms. The van der Waals surface area contributed by atoms with E-state index >= 15 is 0 Å². The standard InChI is InChI=1S/C15H23FN2S/c1-3-7-17-10-13-5-4-6-14(16)15(13)18-8-9-19-11-12(18)2/h4-6,12,17H,3,7-11H2,1-2H3. The van der Waals surface area contributed by atoms with Crippen molar-refractivity contribution in [1.82, 2.24) is 5.32 Å². The monoisotopic (exact) mass is 282 g/mol. The van der Waals surface area contributed by atoms with Crippen LogP contribution in [0.2, 0.25) is 0 Å². The van der Waals surface area contributed by atoms with Gasteiger partial charge in [-0.1, -0.05) is 19.1 Å². The Morgan fingerprint density at radius 2 is 2.32 bits per heavy atom. The van der Waals surface area contributed by atoms with Gasteiger partial charge in [0, 0.05) is 30.6 Å². The maximum atomic E-state index is 14.2. The third kappa shape index (κ3) is 3.63. The second-order valence-electron chi connectivity index (χ2n) is 5.04. The number of halogens is 1. The van der Waals surface area contributed by atoms with E-state index in [0.29, 0.717) is 6.04 Å². The molecule has 4 heteroatoms. The van der Waals surface area contributed by atoms with Gasteiger partial charge in [-0.2, -0.15) is 11.8 Å². The molecule has 0 aliphatic carbocycles. The predicted molar refractivity (Wildman–Crippen MR) is 82.5 cm³/mol. The third-order valence-electron chi connectivity index (χ3n) is 3.47. The molecule has 0 amide bonds. The average Bonchev–Trinajstić information content (AvgIpc) is 2.41. The van der Waals surface area contributed by atoms with Gasteiger partial charge in [0.15, 0.2) is 0 Å². The summed E-state index contributed by atoms with van der Waals surface area (Å²) in [5.41, 5.74) is 1.88. The second kappa shape index (κ2) is 7.15. The van der Waals surface area contributed by atoms with Crippen molar-refractivity contribution in [3.63, 3.8) is 0 Å². The number of thioether (sulfide) groups is 1. The van der Waals surface area contributed by atoms with Crippen LogP contribution in [-0.4, -0.2) is 30.6 Å². The lowest BCUT2D eigenvalue weighted by molar-refractivity contribution is 0.594. The van der Waals surface area contributed by atoms with Crippen LogP contribution in [0.1, 0.15) is 25.8 Å². The van der Waals surface area contributed by atoms with Gasteiger partial charge < -0.3 is 10.2 Å². The van der Waals surface area contributed by atoms with Gasteiger partial charge in [-0.25, -0.2) is 4.39 Å². The van der Waals surface area contributed by atoms with E-state index in [1.807, 2.05) is 23.9 Å². The zero-order chi connectivity index (χ0) is 13.7. The zero-order valence-electron chi connectivity index (χ0n) is 11.8. The highest BCUT2D eigenvalue weighted by Gasteiger charge is 2.23. The first-order valence-corrected chi connectivity index (χ1v) is 8.22. The van der Waals surface area contributed by atoms with E-state index in [9.17, 15) is 4.39 Å². The van der Waals surface area contributed by atoms with Gasteiger partial charge in [-0.15, -0.1) is 0 Å². The molecular formula is C15H23FN2S. The number of anilines is 1.